The first-order chi connectivity index (χ1) is 11.3. The molecule has 6 nitrogen and oxygen atoms in total. The van der Waals surface area contributed by atoms with E-state index in [9.17, 15) is 4.79 Å². The van der Waals surface area contributed by atoms with Crippen molar-refractivity contribution in [2.45, 2.75) is 59.4 Å². The molecule has 3 heterocycles. The Morgan fingerprint density at radius 3 is 2.88 bits per heavy atom. The van der Waals surface area contributed by atoms with Crippen LogP contribution in [-0.2, 0) is 6.42 Å². The zero-order valence-corrected chi connectivity index (χ0v) is 15.5. The first-order valence-electron chi connectivity index (χ1n) is 8.43. The van der Waals surface area contributed by atoms with Gasteiger partial charge in [-0.25, -0.2) is 4.98 Å². The van der Waals surface area contributed by atoms with E-state index in [-0.39, 0.29) is 17.4 Å². The lowest BCUT2D eigenvalue weighted by Gasteiger charge is -2.32. The SMILES string of the molecule is CC1CCCCN1C(=O)c1csc(-c2noc(CC(C)(C)C)n2)n1. The molecule has 0 saturated carbocycles. The Morgan fingerprint density at radius 1 is 1.38 bits per heavy atom. The summed E-state index contributed by atoms with van der Waals surface area (Å²) in [5.74, 6) is 1.07. The number of likely N-dealkylation sites (tertiary alicyclic amines) is 1. The Balaban J connectivity index is 1.74. The van der Waals surface area contributed by atoms with E-state index in [1.807, 2.05) is 4.90 Å². The van der Waals surface area contributed by atoms with Gasteiger partial charge in [0.2, 0.25) is 11.7 Å². The number of thiazole rings is 1. The van der Waals surface area contributed by atoms with Crippen LogP contribution in [0.25, 0.3) is 10.8 Å². The summed E-state index contributed by atoms with van der Waals surface area (Å²) >= 11 is 1.38. The summed E-state index contributed by atoms with van der Waals surface area (Å²) in [7, 11) is 0. The monoisotopic (exact) mass is 348 g/mol. The van der Waals surface area contributed by atoms with Crippen LogP contribution in [0.4, 0.5) is 0 Å². The quantitative estimate of drug-likeness (QED) is 0.843. The van der Waals surface area contributed by atoms with Crippen LogP contribution >= 0.6 is 11.3 Å². The number of piperidine rings is 1. The molecule has 1 fully saturated rings. The maximum absolute atomic E-state index is 12.7. The molecule has 24 heavy (non-hydrogen) atoms. The van der Waals surface area contributed by atoms with Crippen LogP contribution in [-0.4, -0.2) is 38.5 Å². The number of hydrogen-bond donors (Lipinski definition) is 0. The topological polar surface area (TPSA) is 72.1 Å². The van der Waals surface area contributed by atoms with Crippen molar-refractivity contribution < 1.29 is 9.32 Å². The first kappa shape index (κ1) is 17.1. The van der Waals surface area contributed by atoms with Gasteiger partial charge < -0.3 is 9.42 Å². The maximum Gasteiger partial charge on any atom is 0.273 e. The minimum absolute atomic E-state index is 0.00288. The Kier molecular flexibility index (Phi) is 4.71. The summed E-state index contributed by atoms with van der Waals surface area (Å²) < 4.78 is 5.31. The third-order valence-electron chi connectivity index (χ3n) is 4.13. The van der Waals surface area contributed by atoms with Gasteiger partial charge in [0.05, 0.1) is 0 Å². The molecule has 2 aromatic heterocycles. The summed E-state index contributed by atoms with van der Waals surface area (Å²) in [6.45, 7) is 9.28. The van der Waals surface area contributed by atoms with Crippen LogP contribution in [0, 0.1) is 5.41 Å². The van der Waals surface area contributed by atoms with Crippen molar-refractivity contribution in [3.05, 3.63) is 17.0 Å². The largest absolute Gasteiger partial charge is 0.339 e. The van der Waals surface area contributed by atoms with E-state index >= 15 is 0 Å². The van der Waals surface area contributed by atoms with E-state index in [0.717, 1.165) is 19.4 Å². The molecule has 0 spiro atoms. The van der Waals surface area contributed by atoms with E-state index < -0.39 is 0 Å². The molecule has 0 N–H and O–H groups in total. The lowest BCUT2D eigenvalue weighted by atomic mass is 9.92. The fraction of sp³-hybridized carbons (Fsp3) is 0.647. The molecule has 0 bridgehead atoms. The first-order valence-corrected chi connectivity index (χ1v) is 9.31. The van der Waals surface area contributed by atoms with Crippen molar-refractivity contribution in [2.24, 2.45) is 5.41 Å². The standard InChI is InChI=1S/C17H24N4O2S/c1-11-7-5-6-8-21(11)16(22)12-10-24-15(18-12)14-19-13(23-20-14)9-17(2,3)4/h10-11H,5-9H2,1-4H3. The Hall–Kier alpha value is -1.76. The van der Waals surface area contributed by atoms with Crippen molar-refractivity contribution in [3.8, 4) is 10.8 Å². The fourth-order valence-electron chi connectivity index (χ4n) is 2.89. The molecule has 130 valence electrons. The molecule has 3 rings (SSSR count). The third kappa shape index (κ3) is 3.83. The number of amides is 1. The molecular weight excluding hydrogens is 324 g/mol. The van der Waals surface area contributed by atoms with E-state index in [1.54, 1.807) is 5.38 Å². The van der Waals surface area contributed by atoms with Crippen molar-refractivity contribution in [1.29, 1.82) is 0 Å². The van der Waals surface area contributed by atoms with Crippen molar-refractivity contribution in [1.82, 2.24) is 20.0 Å². The van der Waals surface area contributed by atoms with Crippen LogP contribution in [0.5, 0.6) is 0 Å². The second-order valence-electron chi connectivity index (χ2n) is 7.63. The summed E-state index contributed by atoms with van der Waals surface area (Å²) in [5.41, 5.74) is 0.559. The number of carbonyl (C=O) groups excluding carboxylic acids is 1. The zero-order chi connectivity index (χ0) is 17.3. The smallest absolute Gasteiger partial charge is 0.273 e. The molecule has 1 amide bonds. The highest BCUT2D eigenvalue weighted by molar-refractivity contribution is 7.13. The van der Waals surface area contributed by atoms with E-state index in [2.05, 4.69) is 42.8 Å². The van der Waals surface area contributed by atoms with Crippen LogP contribution < -0.4 is 0 Å². The Labute approximate surface area is 146 Å². The van der Waals surface area contributed by atoms with Gasteiger partial charge in [-0.2, -0.15) is 4.98 Å². The molecule has 0 aromatic carbocycles. The lowest BCUT2D eigenvalue weighted by Crippen LogP contribution is -2.42. The number of nitrogens with zero attached hydrogens (tertiary/aromatic N) is 4. The fourth-order valence-corrected chi connectivity index (χ4v) is 3.61. The predicted molar refractivity (Wildman–Crippen MR) is 92.9 cm³/mol. The molecule has 1 atom stereocenters. The molecular formula is C17H24N4O2S. The molecule has 0 radical (unpaired) electrons. The van der Waals surface area contributed by atoms with Gasteiger partial charge in [0.25, 0.3) is 5.91 Å². The highest BCUT2D eigenvalue weighted by Crippen LogP contribution is 2.26. The minimum Gasteiger partial charge on any atom is -0.339 e. The summed E-state index contributed by atoms with van der Waals surface area (Å²) in [5, 5.41) is 6.43. The Morgan fingerprint density at radius 2 is 2.17 bits per heavy atom. The molecule has 2 aromatic rings. The summed E-state index contributed by atoms with van der Waals surface area (Å²) in [6, 6.07) is 0.278. The van der Waals surface area contributed by atoms with Crippen molar-refractivity contribution >= 4 is 17.2 Å². The van der Waals surface area contributed by atoms with Gasteiger partial charge in [0, 0.05) is 24.4 Å². The molecule has 7 heteroatoms. The lowest BCUT2D eigenvalue weighted by molar-refractivity contribution is 0.0630. The maximum atomic E-state index is 12.7. The Bertz CT molecular complexity index is 716. The van der Waals surface area contributed by atoms with Crippen LogP contribution in [0.1, 0.15) is 63.3 Å². The normalized spacial score (nSPS) is 18.8. The van der Waals surface area contributed by atoms with Gasteiger partial charge >= 0.3 is 0 Å². The van der Waals surface area contributed by atoms with Crippen LogP contribution in [0.2, 0.25) is 0 Å². The molecule has 1 aliphatic heterocycles. The average molecular weight is 348 g/mol. The highest BCUT2D eigenvalue weighted by Gasteiger charge is 2.26. The predicted octanol–water partition coefficient (Wildman–Crippen LogP) is 3.80. The van der Waals surface area contributed by atoms with Crippen molar-refractivity contribution in [2.75, 3.05) is 6.54 Å². The van der Waals surface area contributed by atoms with Gasteiger partial charge in [0.1, 0.15) is 5.69 Å². The van der Waals surface area contributed by atoms with Gasteiger partial charge in [0.15, 0.2) is 5.01 Å². The summed E-state index contributed by atoms with van der Waals surface area (Å²) in [6.07, 6.45) is 4.02. The number of hydrogen-bond acceptors (Lipinski definition) is 6. The van der Waals surface area contributed by atoms with Crippen LogP contribution in [0.3, 0.4) is 0 Å². The van der Waals surface area contributed by atoms with Crippen LogP contribution in [0.15, 0.2) is 9.90 Å². The number of aromatic nitrogens is 3. The molecule has 1 saturated heterocycles. The second-order valence-corrected chi connectivity index (χ2v) is 8.49. The number of carbonyl (C=O) groups is 1. The van der Waals surface area contributed by atoms with E-state index in [0.29, 0.717) is 28.8 Å². The third-order valence-corrected chi connectivity index (χ3v) is 4.97. The molecule has 1 aliphatic rings. The molecule has 0 aliphatic carbocycles. The van der Waals surface area contributed by atoms with E-state index in [1.165, 1.54) is 17.8 Å². The second kappa shape index (κ2) is 6.63. The van der Waals surface area contributed by atoms with Crippen molar-refractivity contribution in [3.63, 3.8) is 0 Å². The number of rotatable bonds is 3. The van der Waals surface area contributed by atoms with Gasteiger partial charge in [-0.15, -0.1) is 11.3 Å². The van der Waals surface area contributed by atoms with Gasteiger partial charge in [-0.05, 0) is 31.6 Å². The zero-order valence-electron chi connectivity index (χ0n) is 14.7. The minimum atomic E-state index is 0.00288. The highest BCUT2D eigenvalue weighted by atomic mass is 32.1. The van der Waals surface area contributed by atoms with Gasteiger partial charge in [-0.3, -0.25) is 4.79 Å². The summed E-state index contributed by atoms with van der Waals surface area (Å²) in [4.78, 5) is 23.4. The average Bonchev–Trinajstić information content (AvgIpc) is 3.14. The van der Waals surface area contributed by atoms with Gasteiger partial charge in [-0.1, -0.05) is 25.9 Å². The van der Waals surface area contributed by atoms with E-state index in [4.69, 9.17) is 4.52 Å². The molecule has 1 unspecified atom stereocenters.